The molecule has 218 valence electrons. The summed E-state index contributed by atoms with van der Waals surface area (Å²) in [5.41, 5.74) is 0.736. The van der Waals surface area contributed by atoms with E-state index in [1.807, 2.05) is 11.0 Å². The van der Waals surface area contributed by atoms with Gasteiger partial charge in [0.1, 0.15) is 0 Å². The first kappa shape index (κ1) is 29.5. The molecule has 0 bridgehead atoms. The molecule has 1 aromatic carbocycles. The molecule has 40 heavy (non-hydrogen) atoms. The number of unbranched alkanes of at least 4 members (excludes halogenated alkanes) is 1. The Morgan fingerprint density at radius 1 is 1.23 bits per heavy atom. The van der Waals surface area contributed by atoms with Crippen LogP contribution in [0.5, 0.6) is 17.2 Å². The molecule has 1 saturated heterocycles. The number of aliphatic hydroxyl groups is 1. The fourth-order valence-electron chi connectivity index (χ4n) is 5.80. The molecule has 4 rings (SSSR count). The molecule has 3 aliphatic rings. The highest BCUT2D eigenvalue weighted by Crippen LogP contribution is 2.47. The number of allylic oxidation sites excluding steroid dienone is 1. The van der Waals surface area contributed by atoms with E-state index in [1.165, 1.54) is 7.11 Å². The van der Waals surface area contributed by atoms with E-state index < -0.39 is 23.8 Å². The summed E-state index contributed by atoms with van der Waals surface area (Å²) in [6.45, 7) is 3.89. The number of amides is 2. The molecule has 1 fully saturated rings. The Morgan fingerprint density at radius 3 is 2.73 bits per heavy atom. The summed E-state index contributed by atoms with van der Waals surface area (Å²) < 4.78 is 18.3. The third-order valence-electron chi connectivity index (χ3n) is 7.88. The average Bonchev–Trinajstić information content (AvgIpc) is 3.57. The van der Waals surface area contributed by atoms with Crippen molar-refractivity contribution in [1.29, 1.82) is 0 Å². The second kappa shape index (κ2) is 13.8. The fourth-order valence-corrected chi connectivity index (χ4v) is 5.80. The number of rotatable bonds is 14. The molecular weight excluding hydrogens is 518 g/mol. The van der Waals surface area contributed by atoms with Crippen molar-refractivity contribution in [2.24, 2.45) is 5.92 Å². The maximum Gasteiger partial charge on any atom is 0.390 e. The molecule has 11 heteroatoms. The van der Waals surface area contributed by atoms with E-state index in [0.717, 1.165) is 18.4 Å². The molecule has 0 radical (unpaired) electrons. The van der Waals surface area contributed by atoms with Crippen molar-refractivity contribution in [3.05, 3.63) is 29.8 Å². The van der Waals surface area contributed by atoms with Crippen molar-refractivity contribution in [3.63, 3.8) is 0 Å². The van der Waals surface area contributed by atoms with Crippen LogP contribution in [0.25, 0.3) is 0 Å². The highest BCUT2D eigenvalue weighted by molar-refractivity contribution is 5.81. The lowest BCUT2D eigenvalue weighted by atomic mass is 9.84. The van der Waals surface area contributed by atoms with Gasteiger partial charge in [-0.05, 0) is 36.6 Å². The van der Waals surface area contributed by atoms with Gasteiger partial charge in [-0.3, -0.25) is 14.5 Å². The SMILES string of the molecule is CCCCN(CCCO)C(=O)CN1C[C@H](c2cc(OC)c3c(c2)OCO3)[C@@H](C(=O)O)[C@@H]1CC[N+]1=CC=CCC1=O. The highest BCUT2D eigenvalue weighted by atomic mass is 16.7. The number of benzene rings is 1. The van der Waals surface area contributed by atoms with Crippen molar-refractivity contribution in [3.8, 4) is 17.2 Å². The minimum atomic E-state index is -0.960. The van der Waals surface area contributed by atoms with Gasteiger partial charge in [-0.2, -0.15) is 4.58 Å². The van der Waals surface area contributed by atoms with Gasteiger partial charge < -0.3 is 29.3 Å². The summed E-state index contributed by atoms with van der Waals surface area (Å²) in [7, 11) is 1.52. The Hall–Kier alpha value is -3.44. The van der Waals surface area contributed by atoms with Gasteiger partial charge in [-0.25, -0.2) is 4.79 Å². The summed E-state index contributed by atoms with van der Waals surface area (Å²) in [6, 6.07) is 3.11. The van der Waals surface area contributed by atoms with Crippen LogP contribution in [0.2, 0.25) is 0 Å². The van der Waals surface area contributed by atoms with E-state index >= 15 is 0 Å². The first-order chi connectivity index (χ1) is 19.4. The van der Waals surface area contributed by atoms with E-state index in [2.05, 4.69) is 6.92 Å². The Balaban J connectivity index is 1.64. The number of likely N-dealkylation sites (tertiary alicyclic amines) is 1. The molecule has 1 aromatic rings. The van der Waals surface area contributed by atoms with Crippen LogP contribution in [0.1, 0.15) is 50.5 Å². The van der Waals surface area contributed by atoms with Crippen LogP contribution in [-0.2, 0) is 14.4 Å². The standard InChI is InChI=1S/C29H39N3O8/c1-3-4-10-30(12-7-14-33)26(35)18-32-17-21(20-15-23(38-2)28-24(16-20)39-19-40-28)27(29(36)37)22(32)9-13-31-11-6-5-8-25(31)34/h5-6,11,15-16,21-22,27,33H,3-4,7-10,12-14,17-19H2,1-2H3/p+1/t21-,22+,27-/m1/s1. The first-order valence-electron chi connectivity index (χ1n) is 14.0. The van der Waals surface area contributed by atoms with Crippen molar-refractivity contribution in [2.75, 3.05) is 53.2 Å². The number of carbonyl (C=O) groups excluding carboxylic acids is 2. The van der Waals surface area contributed by atoms with Crippen LogP contribution in [0, 0.1) is 5.92 Å². The van der Waals surface area contributed by atoms with Crippen LogP contribution in [0.15, 0.2) is 24.3 Å². The number of hydrogen-bond acceptors (Lipinski definition) is 8. The zero-order chi connectivity index (χ0) is 28.6. The largest absolute Gasteiger partial charge is 0.493 e. The number of hydrogen-bond donors (Lipinski definition) is 2. The van der Waals surface area contributed by atoms with Crippen LogP contribution < -0.4 is 14.2 Å². The lowest BCUT2D eigenvalue weighted by Crippen LogP contribution is -2.45. The normalized spacial score (nSPS) is 21.9. The van der Waals surface area contributed by atoms with E-state index in [9.17, 15) is 24.6 Å². The van der Waals surface area contributed by atoms with Gasteiger partial charge >= 0.3 is 11.9 Å². The second-order valence-electron chi connectivity index (χ2n) is 10.4. The van der Waals surface area contributed by atoms with Gasteiger partial charge in [-0.15, -0.1) is 0 Å². The molecule has 3 aliphatic heterocycles. The maximum absolute atomic E-state index is 13.5. The Bertz CT molecular complexity index is 1140. The smallest absolute Gasteiger partial charge is 0.390 e. The third-order valence-corrected chi connectivity index (χ3v) is 7.88. The van der Waals surface area contributed by atoms with E-state index in [0.29, 0.717) is 62.7 Å². The van der Waals surface area contributed by atoms with E-state index in [1.54, 1.807) is 33.9 Å². The number of carboxylic acids is 1. The maximum atomic E-state index is 13.5. The van der Waals surface area contributed by atoms with Gasteiger partial charge in [0.25, 0.3) is 0 Å². The lowest BCUT2D eigenvalue weighted by molar-refractivity contribution is -0.446. The van der Waals surface area contributed by atoms with Gasteiger partial charge in [0.05, 0.1) is 26.0 Å². The molecule has 3 atom stereocenters. The summed E-state index contributed by atoms with van der Waals surface area (Å²) >= 11 is 0. The van der Waals surface area contributed by atoms with Crippen molar-refractivity contribution < 1.29 is 43.4 Å². The summed E-state index contributed by atoms with van der Waals surface area (Å²) in [6.07, 6.45) is 8.29. The molecule has 3 heterocycles. The number of methoxy groups -OCH3 is 1. The number of carbonyl (C=O) groups is 3. The Labute approximate surface area is 234 Å². The van der Waals surface area contributed by atoms with Crippen molar-refractivity contribution in [2.45, 2.75) is 51.0 Å². The molecule has 0 spiro atoms. The summed E-state index contributed by atoms with van der Waals surface area (Å²) in [5.74, 6) is -0.905. The van der Waals surface area contributed by atoms with E-state index in [4.69, 9.17) is 14.2 Å². The third kappa shape index (κ3) is 6.64. The number of carboxylic acid groups (broad SMARTS) is 1. The Kier molecular flexibility index (Phi) is 10.2. The minimum Gasteiger partial charge on any atom is -0.493 e. The van der Waals surface area contributed by atoms with Gasteiger partial charge in [0.15, 0.2) is 24.3 Å². The van der Waals surface area contributed by atoms with Crippen LogP contribution in [-0.4, -0.2) is 108 Å². The number of aliphatic carboxylic acids is 1. The first-order valence-corrected chi connectivity index (χ1v) is 14.0. The summed E-state index contributed by atoms with van der Waals surface area (Å²) in [5, 5.41) is 19.8. The topological polar surface area (TPSA) is 129 Å². The average molecular weight is 559 g/mol. The van der Waals surface area contributed by atoms with Crippen molar-refractivity contribution >= 4 is 24.0 Å². The molecule has 2 N–H and O–H groups in total. The highest BCUT2D eigenvalue weighted by Gasteiger charge is 2.48. The molecule has 0 aromatic heterocycles. The molecule has 2 amide bonds. The number of fused-ring (bicyclic) bond motifs is 1. The van der Waals surface area contributed by atoms with Crippen LogP contribution in [0.4, 0.5) is 0 Å². The predicted octanol–water partition coefficient (Wildman–Crippen LogP) is 1.86. The predicted molar refractivity (Wildman–Crippen MR) is 146 cm³/mol. The van der Waals surface area contributed by atoms with Crippen LogP contribution in [0.3, 0.4) is 0 Å². The number of ether oxygens (including phenoxy) is 3. The fraction of sp³-hybridized carbons (Fsp3) is 0.586. The molecule has 0 unspecified atom stereocenters. The molecule has 0 aliphatic carbocycles. The Morgan fingerprint density at radius 2 is 2.02 bits per heavy atom. The zero-order valence-electron chi connectivity index (χ0n) is 23.3. The number of aliphatic hydroxyl groups excluding tert-OH is 1. The number of nitrogens with zero attached hydrogens (tertiary/aromatic N) is 3. The van der Waals surface area contributed by atoms with Gasteiger partial charge in [-0.1, -0.05) is 19.4 Å². The molecule has 11 nitrogen and oxygen atoms in total. The zero-order valence-corrected chi connectivity index (χ0v) is 23.3. The molecule has 0 saturated carbocycles. The van der Waals surface area contributed by atoms with Gasteiger partial charge in [0.2, 0.25) is 18.4 Å². The monoisotopic (exact) mass is 558 g/mol. The van der Waals surface area contributed by atoms with Crippen LogP contribution >= 0.6 is 0 Å². The van der Waals surface area contributed by atoms with E-state index in [-0.39, 0.29) is 31.8 Å². The molecular formula is C29H40N3O8+. The van der Waals surface area contributed by atoms with Crippen molar-refractivity contribution in [1.82, 2.24) is 9.80 Å². The lowest BCUT2D eigenvalue weighted by Gasteiger charge is -2.29. The quantitative estimate of drug-likeness (QED) is 0.329. The second-order valence-corrected chi connectivity index (χ2v) is 10.4. The van der Waals surface area contributed by atoms with Gasteiger partial charge in [0, 0.05) is 44.6 Å². The summed E-state index contributed by atoms with van der Waals surface area (Å²) in [4.78, 5) is 42.4. The minimum absolute atomic E-state index is 0.00777.